The molecule has 0 radical (unpaired) electrons. The Bertz CT molecular complexity index is 1140. The van der Waals surface area contributed by atoms with Crippen LogP contribution in [0.25, 0.3) is 10.8 Å². The zero-order chi connectivity index (χ0) is 24.9. The number of hydrogen-bond acceptors (Lipinski definition) is 7. The summed E-state index contributed by atoms with van der Waals surface area (Å²) in [5.41, 5.74) is 1.81. The molecule has 4 rings (SSSR count). The molecule has 1 heterocycles. The summed E-state index contributed by atoms with van der Waals surface area (Å²) in [5.74, 6) is 0.931. The van der Waals surface area contributed by atoms with Crippen LogP contribution in [-0.4, -0.2) is 58.5 Å². The molecular weight excluding hydrogens is 472 g/mol. The second-order valence-electron chi connectivity index (χ2n) is 8.42. The molecule has 0 aliphatic carbocycles. The Morgan fingerprint density at radius 2 is 1.77 bits per heavy atom. The van der Waals surface area contributed by atoms with Crippen LogP contribution in [0.3, 0.4) is 0 Å². The molecular formula is C27H31ClO7. The van der Waals surface area contributed by atoms with E-state index in [9.17, 15) is 5.11 Å². The number of fused-ring (bicyclic) bond motifs is 1. The van der Waals surface area contributed by atoms with Gasteiger partial charge in [0.05, 0.1) is 36.3 Å². The maximum atomic E-state index is 10.9. The highest BCUT2D eigenvalue weighted by atomic mass is 35.5. The molecule has 0 aromatic heterocycles. The number of halogens is 1. The first-order valence-corrected chi connectivity index (χ1v) is 11.8. The fourth-order valence-corrected chi connectivity index (χ4v) is 4.98. The predicted octanol–water partition coefficient (Wildman–Crippen LogP) is 5.29. The summed E-state index contributed by atoms with van der Waals surface area (Å²) in [6.07, 6.45) is -0.659. The zero-order valence-corrected chi connectivity index (χ0v) is 21.1. The van der Waals surface area contributed by atoms with E-state index in [0.29, 0.717) is 46.9 Å². The third kappa shape index (κ3) is 5.20. The van der Waals surface area contributed by atoms with E-state index in [1.165, 1.54) is 0 Å². The van der Waals surface area contributed by atoms with E-state index < -0.39 is 0 Å². The van der Waals surface area contributed by atoms with Crippen LogP contribution in [0.4, 0.5) is 0 Å². The van der Waals surface area contributed by atoms with Crippen LogP contribution >= 0.6 is 11.6 Å². The Morgan fingerprint density at radius 1 is 1.00 bits per heavy atom. The Hall–Kier alpha value is -2.55. The van der Waals surface area contributed by atoms with Gasteiger partial charge in [-0.15, -0.1) is 0 Å². The topological polar surface area (TPSA) is 75.6 Å². The van der Waals surface area contributed by atoms with Crippen LogP contribution in [0.5, 0.6) is 17.2 Å². The summed E-state index contributed by atoms with van der Waals surface area (Å²) in [5, 5.41) is 12.4. The van der Waals surface area contributed by atoms with Gasteiger partial charge in [-0.05, 0) is 17.2 Å². The van der Waals surface area contributed by atoms with E-state index in [1.54, 1.807) is 40.6 Å². The molecule has 7 nitrogen and oxygen atoms in total. The van der Waals surface area contributed by atoms with E-state index in [-0.39, 0.29) is 30.2 Å². The molecule has 0 unspecified atom stereocenters. The molecule has 3 aromatic carbocycles. The fraction of sp³-hybridized carbons (Fsp3) is 0.407. The average molecular weight is 503 g/mol. The van der Waals surface area contributed by atoms with Crippen LogP contribution < -0.4 is 9.47 Å². The largest absolute Gasteiger partial charge is 0.507 e. The third-order valence-electron chi connectivity index (χ3n) is 6.38. The SMILES string of the molecule is COC[C@H]1O[C@@H](c2ccc(O)c3c(OCc4ccccc4)c(Cl)cc(OC)c23)C[C@@H](OC)[C@@H]1OC. The van der Waals surface area contributed by atoms with Gasteiger partial charge in [0.2, 0.25) is 0 Å². The second-order valence-corrected chi connectivity index (χ2v) is 8.82. The first-order valence-electron chi connectivity index (χ1n) is 11.4. The Kier molecular flexibility index (Phi) is 8.36. The maximum Gasteiger partial charge on any atom is 0.150 e. The van der Waals surface area contributed by atoms with Crippen molar-refractivity contribution >= 4 is 22.4 Å². The van der Waals surface area contributed by atoms with Crippen molar-refractivity contribution in [2.24, 2.45) is 0 Å². The first kappa shape index (κ1) is 25.5. The van der Waals surface area contributed by atoms with E-state index in [4.69, 9.17) is 40.0 Å². The van der Waals surface area contributed by atoms with Gasteiger partial charge in [0.1, 0.15) is 36.1 Å². The number of ether oxygens (including phenoxy) is 6. The minimum absolute atomic E-state index is 0.0370. The molecule has 8 heteroatoms. The molecule has 1 aliphatic rings. The van der Waals surface area contributed by atoms with Crippen molar-refractivity contribution in [2.45, 2.75) is 37.4 Å². The number of phenolic OH excluding ortho intramolecular Hbond substituents is 1. The van der Waals surface area contributed by atoms with Crippen molar-refractivity contribution < 1.29 is 33.5 Å². The molecule has 0 bridgehead atoms. The van der Waals surface area contributed by atoms with Crippen molar-refractivity contribution in [3.05, 3.63) is 64.7 Å². The highest BCUT2D eigenvalue weighted by molar-refractivity contribution is 6.34. The van der Waals surface area contributed by atoms with Gasteiger partial charge in [0, 0.05) is 39.2 Å². The van der Waals surface area contributed by atoms with Gasteiger partial charge in [0.15, 0.2) is 0 Å². The molecule has 1 fully saturated rings. The van der Waals surface area contributed by atoms with Gasteiger partial charge < -0.3 is 33.5 Å². The summed E-state index contributed by atoms with van der Waals surface area (Å²) in [4.78, 5) is 0. The molecule has 1 aliphatic heterocycles. The number of rotatable bonds is 9. The molecule has 1 N–H and O–H groups in total. The average Bonchev–Trinajstić information content (AvgIpc) is 2.88. The Morgan fingerprint density at radius 3 is 2.43 bits per heavy atom. The molecule has 4 atom stereocenters. The van der Waals surface area contributed by atoms with Gasteiger partial charge in [-0.2, -0.15) is 0 Å². The van der Waals surface area contributed by atoms with Crippen molar-refractivity contribution in [1.29, 1.82) is 0 Å². The molecule has 1 saturated heterocycles. The van der Waals surface area contributed by atoms with Crippen LogP contribution in [0.1, 0.15) is 23.7 Å². The lowest BCUT2D eigenvalue weighted by Gasteiger charge is -2.40. The predicted molar refractivity (Wildman–Crippen MR) is 134 cm³/mol. The van der Waals surface area contributed by atoms with Crippen LogP contribution in [-0.2, 0) is 25.6 Å². The summed E-state index contributed by atoms with van der Waals surface area (Å²) < 4.78 is 35.1. The summed E-state index contributed by atoms with van der Waals surface area (Å²) in [7, 11) is 6.49. The Balaban J connectivity index is 1.81. The van der Waals surface area contributed by atoms with Crippen molar-refractivity contribution in [1.82, 2.24) is 0 Å². The van der Waals surface area contributed by atoms with Gasteiger partial charge in [-0.3, -0.25) is 0 Å². The standard InChI is InChI=1S/C27H31ClO7/c1-30-15-23-27(33-4)22(32-3)13-20(35-23)17-10-11-19(29)25-24(17)21(31-2)12-18(28)26(25)34-14-16-8-6-5-7-9-16/h5-12,20,22-23,27,29H,13-15H2,1-4H3/t20-,22-,23-,27+/m1/s1. The van der Waals surface area contributed by atoms with Gasteiger partial charge in [-0.25, -0.2) is 0 Å². The van der Waals surface area contributed by atoms with Crippen LogP contribution in [0.15, 0.2) is 48.5 Å². The highest BCUT2D eigenvalue weighted by Gasteiger charge is 2.41. The smallest absolute Gasteiger partial charge is 0.150 e. The molecule has 0 spiro atoms. The van der Waals surface area contributed by atoms with Crippen LogP contribution in [0, 0.1) is 0 Å². The monoisotopic (exact) mass is 502 g/mol. The summed E-state index contributed by atoms with van der Waals surface area (Å²) >= 11 is 6.61. The van der Waals surface area contributed by atoms with E-state index in [2.05, 4.69) is 0 Å². The quantitative estimate of drug-likeness (QED) is 0.426. The minimum atomic E-state index is -0.369. The fourth-order valence-electron chi connectivity index (χ4n) is 4.74. The van der Waals surface area contributed by atoms with Gasteiger partial charge in [0.25, 0.3) is 0 Å². The van der Waals surface area contributed by atoms with Gasteiger partial charge in [-0.1, -0.05) is 48.0 Å². The lowest BCUT2D eigenvalue weighted by molar-refractivity contribution is -0.200. The number of aromatic hydroxyl groups is 1. The number of hydrogen-bond donors (Lipinski definition) is 1. The van der Waals surface area contributed by atoms with Crippen molar-refractivity contribution in [3.8, 4) is 17.2 Å². The maximum absolute atomic E-state index is 10.9. The van der Waals surface area contributed by atoms with Gasteiger partial charge >= 0.3 is 0 Å². The lowest BCUT2D eigenvalue weighted by Crippen LogP contribution is -2.49. The zero-order valence-electron chi connectivity index (χ0n) is 20.3. The lowest BCUT2D eigenvalue weighted by atomic mass is 9.90. The molecule has 35 heavy (non-hydrogen) atoms. The molecule has 188 valence electrons. The first-order chi connectivity index (χ1) is 17.0. The molecule has 0 saturated carbocycles. The number of benzene rings is 3. The number of methoxy groups -OCH3 is 4. The van der Waals surface area contributed by atoms with Crippen LogP contribution in [0.2, 0.25) is 5.02 Å². The highest BCUT2D eigenvalue weighted by Crippen LogP contribution is 2.48. The normalized spacial score (nSPS) is 22.3. The van der Waals surface area contributed by atoms with E-state index in [1.807, 2.05) is 36.4 Å². The second kappa shape index (κ2) is 11.5. The van der Waals surface area contributed by atoms with E-state index >= 15 is 0 Å². The van der Waals surface area contributed by atoms with E-state index in [0.717, 1.165) is 11.1 Å². The Labute approximate surface area is 210 Å². The molecule has 3 aromatic rings. The molecule has 0 amide bonds. The van der Waals surface area contributed by atoms with Crippen molar-refractivity contribution in [2.75, 3.05) is 35.0 Å². The number of phenols is 1. The summed E-state index contributed by atoms with van der Waals surface area (Å²) in [6.45, 7) is 0.641. The van der Waals surface area contributed by atoms with Crippen molar-refractivity contribution in [3.63, 3.8) is 0 Å². The third-order valence-corrected chi connectivity index (χ3v) is 6.66. The minimum Gasteiger partial charge on any atom is -0.507 e. The summed E-state index contributed by atoms with van der Waals surface area (Å²) in [6, 6.07) is 14.9.